The van der Waals surface area contributed by atoms with E-state index in [0.717, 1.165) is 64.6 Å². The topological polar surface area (TPSA) is 63.2 Å². The highest BCUT2D eigenvalue weighted by molar-refractivity contribution is 5.81. The molecule has 2 saturated carbocycles. The van der Waals surface area contributed by atoms with Crippen LogP contribution < -0.4 is 0 Å². The quantitative estimate of drug-likeness (QED) is 0.233. The van der Waals surface area contributed by atoms with Gasteiger partial charge in [-0.15, -0.1) is 0 Å². The molecule has 0 aromatic heterocycles. The van der Waals surface area contributed by atoms with Crippen molar-refractivity contribution in [2.75, 3.05) is 20.3 Å². The molecule has 0 spiro atoms. The van der Waals surface area contributed by atoms with Crippen LogP contribution in [0.2, 0.25) is 0 Å². The predicted molar refractivity (Wildman–Crippen MR) is 139 cm³/mol. The molecule has 36 heavy (non-hydrogen) atoms. The van der Waals surface area contributed by atoms with Crippen LogP contribution in [0, 0.1) is 23.7 Å². The van der Waals surface area contributed by atoms with Crippen molar-refractivity contribution in [2.45, 2.75) is 128 Å². The Labute approximate surface area is 218 Å². The first-order chi connectivity index (χ1) is 17.6. The molecule has 0 bridgehead atoms. The molecule has 2 aliphatic carbocycles. The zero-order valence-corrected chi connectivity index (χ0v) is 22.7. The van der Waals surface area contributed by atoms with Crippen LogP contribution in [0.5, 0.6) is 0 Å². The predicted octanol–water partition coefficient (Wildman–Crippen LogP) is 6.56. The molecule has 206 valence electrons. The number of rotatable bonds is 11. The maximum atomic E-state index is 11.7. The SMILES string of the molecule is COC(=O)/C=C\C[C@@H]1[C@@H](CC[C@@H](OC2CCCCO2)C2CCCCC2)[C@H](OC2CCCCO2)C[C@@H]1C. The Kier molecular flexibility index (Phi) is 11.6. The lowest BCUT2D eigenvalue weighted by molar-refractivity contribution is -0.207. The number of allylic oxidation sites excluding steroid dienone is 1. The van der Waals surface area contributed by atoms with Crippen LogP contribution >= 0.6 is 0 Å². The number of ether oxygens (including phenoxy) is 5. The van der Waals surface area contributed by atoms with Crippen LogP contribution in [0.4, 0.5) is 0 Å². The number of hydrogen-bond donors (Lipinski definition) is 0. The van der Waals surface area contributed by atoms with E-state index in [0.29, 0.717) is 23.7 Å². The molecule has 2 saturated heterocycles. The first kappa shape index (κ1) is 28.1. The molecule has 0 N–H and O–H groups in total. The summed E-state index contributed by atoms with van der Waals surface area (Å²) in [7, 11) is 1.43. The zero-order chi connectivity index (χ0) is 25.2. The third kappa shape index (κ3) is 8.28. The van der Waals surface area contributed by atoms with Gasteiger partial charge in [0.15, 0.2) is 12.6 Å². The van der Waals surface area contributed by atoms with Crippen LogP contribution in [0.1, 0.15) is 103 Å². The smallest absolute Gasteiger partial charge is 0.330 e. The fourth-order valence-corrected chi connectivity index (χ4v) is 7.07. The van der Waals surface area contributed by atoms with Crippen molar-refractivity contribution in [2.24, 2.45) is 23.7 Å². The normalized spacial score (nSPS) is 35.2. The van der Waals surface area contributed by atoms with Crippen LogP contribution in [0.3, 0.4) is 0 Å². The third-order valence-corrected chi connectivity index (χ3v) is 9.11. The van der Waals surface area contributed by atoms with Gasteiger partial charge in [-0.3, -0.25) is 0 Å². The summed E-state index contributed by atoms with van der Waals surface area (Å²) >= 11 is 0. The second kappa shape index (κ2) is 14.8. The van der Waals surface area contributed by atoms with Gasteiger partial charge in [-0.1, -0.05) is 32.3 Å². The first-order valence-corrected chi connectivity index (χ1v) is 14.9. The van der Waals surface area contributed by atoms with Crippen molar-refractivity contribution in [1.29, 1.82) is 0 Å². The Morgan fingerprint density at radius 2 is 1.61 bits per heavy atom. The number of hydrogen-bond acceptors (Lipinski definition) is 6. The maximum Gasteiger partial charge on any atom is 0.330 e. The van der Waals surface area contributed by atoms with Gasteiger partial charge in [-0.2, -0.15) is 0 Å². The van der Waals surface area contributed by atoms with Crippen LogP contribution in [-0.2, 0) is 28.5 Å². The Bertz CT molecular complexity index is 662. The minimum absolute atomic E-state index is 0.0327. The molecule has 4 rings (SSSR count). The molecular weight excluding hydrogens is 456 g/mol. The summed E-state index contributed by atoms with van der Waals surface area (Å²) in [6.45, 7) is 3.98. The average molecular weight is 507 g/mol. The molecule has 6 heteroatoms. The van der Waals surface area contributed by atoms with Crippen LogP contribution in [0.25, 0.3) is 0 Å². The fraction of sp³-hybridized carbons (Fsp3) is 0.900. The summed E-state index contributed by atoms with van der Waals surface area (Å²) in [5.41, 5.74) is 0. The molecule has 2 unspecified atom stereocenters. The number of carbonyl (C=O) groups excluding carboxylic acids is 1. The lowest BCUT2D eigenvalue weighted by atomic mass is 9.79. The summed E-state index contributed by atoms with van der Waals surface area (Å²) in [6.07, 6.45) is 21.3. The van der Waals surface area contributed by atoms with E-state index >= 15 is 0 Å². The number of carbonyl (C=O) groups is 1. The molecule has 0 aromatic carbocycles. The summed E-state index contributed by atoms with van der Waals surface area (Å²) < 4.78 is 30.1. The monoisotopic (exact) mass is 506 g/mol. The van der Waals surface area contributed by atoms with Gasteiger partial charge in [0.05, 0.1) is 19.3 Å². The van der Waals surface area contributed by atoms with Crippen LogP contribution in [0.15, 0.2) is 12.2 Å². The molecule has 0 aromatic rings. The van der Waals surface area contributed by atoms with E-state index in [1.807, 2.05) is 6.08 Å². The van der Waals surface area contributed by atoms with Crippen LogP contribution in [-0.4, -0.2) is 51.1 Å². The van der Waals surface area contributed by atoms with Crippen molar-refractivity contribution in [3.05, 3.63) is 12.2 Å². The van der Waals surface area contributed by atoms with Crippen molar-refractivity contribution in [1.82, 2.24) is 0 Å². The number of esters is 1. The Morgan fingerprint density at radius 3 is 2.28 bits per heavy atom. The van der Waals surface area contributed by atoms with Crippen molar-refractivity contribution in [3.63, 3.8) is 0 Å². The van der Waals surface area contributed by atoms with Gasteiger partial charge in [0.25, 0.3) is 0 Å². The van der Waals surface area contributed by atoms with Crippen molar-refractivity contribution >= 4 is 5.97 Å². The highest BCUT2D eigenvalue weighted by Gasteiger charge is 2.43. The Hall–Kier alpha value is -0.950. The van der Waals surface area contributed by atoms with Gasteiger partial charge in [0.2, 0.25) is 0 Å². The minimum Gasteiger partial charge on any atom is -0.466 e. The second-order valence-electron chi connectivity index (χ2n) is 11.6. The van der Waals surface area contributed by atoms with E-state index in [4.69, 9.17) is 23.7 Å². The minimum atomic E-state index is -0.279. The van der Waals surface area contributed by atoms with Crippen molar-refractivity contribution in [3.8, 4) is 0 Å². The molecule has 7 atom stereocenters. The molecule has 0 radical (unpaired) electrons. The summed E-state index contributed by atoms with van der Waals surface area (Å²) in [5.74, 6) is 1.83. The van der Waals surface area contributed by atoms with Crippen molar-refractivity contribution < 1.29 is 28.5 Å². The second-order valence-corrected chi connectivity index (χ2v) is 11.6. The molecule has 4 fully saturated rings. The standard InChI is InChI=1S/C30H50O6/c1-22-21-27(36-30-16-7-9-20-34-30)25(24(22)13-10-14-28(31)32-2)17-18-26(23-11-4-3-5-12-23)35-29-15-6-8-19-33-29/h10,14,22-27,29-30H,3-9,11-13,15-21H2,1-2H3/b14-10-/t22-,24-,25+,26+,27+,29?,30?/m0/s1. The fourth-order valence-electron chi connectivity index (χ4n) is 7.07. The van der Waals surface area contributed by atoms with E-state index in [1.54, 1.807) is 6.08 Å². The molecule has 2 aliphatic heterocycles. The largest absolute Gasteiger partial charge is 0.466 e. The first-order valence-electron chi connectivity index (χ1n) is 14.9. The molecule has 0 amide bonds. The van der Waals surface area contributed by atoms with E-state index in [2.05, 4.69) is 6.92 Å². The van der Waals surface area contributed by atoms with Gasteiger partial charge in [-0.25, -0.2) is 4.79 Å². The van der Waals surface area contributed by atoms with Gasteiger partial charge >= 0.3 is 5.97 Å². The van der Waals surface area contributed by atoms with E-state index in [9.17, 15) is 4.79 Å². The Balaban J connectivity index is 1.43. The Morgan fingerprint density at radius 1 is 0.917 bits per heavy atom. The molecule has 4 aliphatic rings. The molecular formula is C30H50O6. The highest BCUT2D eigenvalue weighted by Crippen LogP contribution is 2.45. The van der Waals surface area contributed by atoms with Gasteiger partial charge in [-0.05, 0) is 101 Å². The van der Waals surface area contributed by atoms with Gasteiger partial charge in [0.1, 0.15) is 0 Å². The van der Waals surface area contributed by atoms with E-state index < -0.39 is 0 Å². The maximum absolute atomic E-state index is 11.7. The highest BCUT2D eigenvalue weighted by atomic mass is 16.7. The molecule has 2 heterocycles. The van der Waals surface area contributed by atoms with Gasteiger partial charge in [0, 0.05) is 19.3 Å². The lowest BCUT2D eigenvalue weighted by Crippen LogP contribution is -2.35. The molecule has 6 nitrogen and oxygen atoms in total. The summed E-state index contributed by atoms with van der Waals surface area (Å²) in [5, 5.41) is 0. The average Bonchev–Trinajstić information content (AvgIpc) is 3.21. The van der Waals surface area contributed by atoms with E-state index in [1.165, 1.54) is 52.1 Å². The summed E-state index contributed by atoms with van der Waals surface area (Å²) in [4.78, 5) is 11.7. The summed E-state index contributed by atoms with van der Waals surface area (Å²) in [6, 6.07) is 0. The number of methoxy groups -OCH3 is 1. The van der Waals surface area contributed by atoms with Gasteiger partial charge < -0.3 is 23.7 Å². The third-order valence-electron chi connectivity index (χ3n) is 9.11. The zero-order valence-electron chi connectivity index (χ0n) is 22.7. The lowest BCUT2D eigenvalue weighted by Gasteiger charge is -2.36. The van der Waals surface area contributed by atoms with E-state index in [-0.39, 0.29) is 30.8 Å².